The first-order valence-electron chi connectivity index (χ1n) is 3.25. The average molecular weight is 291 g/mol. The van der Waals surface area contributed by atoms with E-state index < -0.39 is 6.43 Å². The number of alkyl halides is 3. The maximum atomic E-state index is 12.3. The third kappa shape index (κ3) is 2.51. The number of rotatable bonds is 2. The summed E-state index contributed by atoms with van der Waals surface area (Å²) in [5.74, 6) is 0.0197. The molecule has 1 nitrogen and oxygen atoms in total. The molecular formula is C7H4BrCl2F2N. The Morgan fingerprint density at radius 2 is 2.15 bits per heavy atom. The lowest BCUT2D eigenvalue weighted by molar-refractivity contribution is 0.145. The summed E-state index contributed by atoms with van der Waals surface area (Å²) in [5, 5.41) is 0.284. The zero-order valence-electron chi connectivity index (χ0n) is 6.20. The molecule has 0 spiro atoms. The molecule has 0 aliphatic carbocycles. The number of halogens is 5. The Kier molecular flexibility index (Phi) is 3.88. The van der Waals surface area contributed by atoms with E-state index in [1.165, 1.54) is 6.07 Å². The molecule has 0 N–H and O–H groups in total. The van der Waals surface area contributed by atoms with Gasteiger partial charge in [0.1, 0.15) is 5.69 Å². The van der Waals surface area contributed by atoms with Gasteiger partial charge < -0.3 is 0 Å². The number of aromatic nitrogens is 1. The van der Waals surface area contributed by atoms with Crippen molar-refractivity contribution in [3.63, 3.8) is 0 Å². The fraction of sp³-hybridized carbons (Fsp3) is 0.286. The van der Waals surface area contributed by atoms with Gasteiger partial charge in [0.2, 0.25) is 0 Å². The van der Waals surface area contributed by atoms with Crippen molar-refractivity contribution in [3.05, 3.63) is 26.9 Å². The number of nitrogens with zero attached hydrogens (tertiary/aromatic N) is 1. The second-order valence-electron chi connectivity index (χ2n) is 2.22. The van der Waals surface area contributed by atoms with Gasteiger partial charge >= 0.3 is 0 Å². The van der Waals surface area contributed by atoms with Gasteiger partial charge in [0.25, 0.3) is 6.43 Å². The van der Waals surface area contributed by atoms with Crippen LogP contribution in [0, 0.1) is 0 Å². The minimum Gasteiger partial charge on any atom is -0.248 e. The van der Waals surface area contributed by atoms with Crippen LogP contribution in [0.4, 0.5) is 8.78 Å². The summed E-state index contributed by atoms with van der Waals surface area (Å²) >= 11 is 14.1. The van der Waals surface area contributed by atoms with E-state index in [-0.39, 0.29) is 26.8 Å². The molecule has 1 aromatic rings. The second kappa shape index (κ2) is 4.53. The Morgan fingerprint density at radius 1 is 1.54 bits per heavy atom. The summed E-state index contributed by atoms with van der Waals surface area (Å²) in [6.45, 7) is 0. The Hall–Kier alpha value is 0.0700. The molecule has 13 heavy (non-hydrogen) atoms. The molecule has 0 radical (unpaired) electrons. The van der Waals surface area contributed by atoms with Gasteiger partial charge in [0, 0.05) is 4.47 Å². The summed E-state index contributed by atoms with van der Waals surface area (Å²) in [5.41, 5.74) is -0.0677. The van der Waals surface area contributed by atoms with Crippen molar-refractivity contribution in [2.24, 2.45) is 0 Å². The predicted molar refractivity (Wildman–Crippen MR) is 51.5 cm³/mol. The van der Waals surface area contributed by atoms with Gasteiger partial charge in [-0.05, 0) is 22.0 Å². The summed E-state index contributed by atoms with van der Waals surface area (Å²) in [7, 11) is 0. The maximum Gasteiger partial charge on any atom is 0.281 e. The van der Waals surface area contributed by atoms with Gasteiger partial charge in [0.05, 0.1) is 16.6 Å². The minimum atomic E-state index is -2.63. The van der Waals surface area contributed by atoms with Crippen LogP contribution in [0.1, 0.15) is 17.8 Å². The minimum absolute atomic E-state index is 0.0197. The first kappa shape index (κ1) is 11.1. The zero-order valence-corrected chi connectivity index (χ0v) is 9.30. The molecule has 0 unspecified atom stereocenters. The quantitative estimate of drug-likeness (QED) is 0.745. The first-order valence-corrected chi connectivity index (χ1v) is 4.95. The third-order valence-corrected chi connectivity index (χ3v) is 2.58. The van der Waals surface area contributed by atoms with Crippen LogP contribution in [0.2, 0.25) is 5.02 Å². The highest BCUT2D eigenvalue weighted by Crippen LogP contribution is 2.29. The highest BCUT2D eigenvalue weighted by atomic mass is 79.9. The van der Waals surface area contributed by atoms with Crippen LogP contribution < -0.4 is 0 Å². The molecule has 0 saturated carbocycles. The number of hydrogen-bond acceptors (Lipinski definition) is 1. The second-order valence-corrected chi connectivity index (χ2v) is 3.75. The van der Waals surface area contributed by atoms with E-state index >= 15 is 0 Å². The lowest BCUT2D eigenvalue weighted by Gasteiger charge is -2.05. The van der Waals surface area contributed by atoms with E-state index in [1.807, 2.05) is 0 Å². The molecule has 1 aromatic heterocycles. The molecule has 0 aliphatic rings. The van der Waals surface area contributed by atoms with Crippen molar-refractivity contribution in [2.45, 2.75) is 12.3 Å². The molecule has 0 fully saturated rings. The SMILES string of the molecule is FC(F)c1nc(CCl)c(Cl)cc1Br. The lowest BCUT2D eigenvalue weighted by Crippen LogP contribution is -1.96. The standard InChI is InChI=1S/C7H4BrCl2F2N/c8-3-1-4(10)5(2-9)13-6(3)7(11)12/h1,7H,2H2. The van der Waals surface area contributed by atoms with E-state index in [1.54, 1.807) is 0 Å². The van der Waals surface area contributed by atoms with Gasteiger partial charge in [-0.2, -0.15) is 0 Å². The average Bonchev–Trinajstić information content (AvgIpc) is 2.03. The summed E-state index contributed by atoms with van der Waals surface area (Å²) < 4.78 is 24.8. The van der Waals surface area contributed by atoms with E-state index in [4.69, 9.17) is 23.2 Å². The summed E-state index contributed by atoms with van der Waals surface area (Å²) in [4.78, 5) is 3.63. The van der Waals surface area contributed by atoms with Crippen molar-refractivity contribution in [3.8, 4) is 0 Å². The zero-order chi connectivity index (χ0) is 10.0. The molecule has 1 rings (SSSR count). The monoisotopic (exact) mass is 289 g/mol. The van der Waals surface area contributed by atoms with Crippen LogP contribution in [0.3, 0.4) is 0 Å². The fourth-order valence-electron chi connectivity index (χ4n) is 0.767. The molecular weight excluding hydrogens is 287 g/mol. The Balaban J connectivity index is 3.22. The largest absolute Gasteiger partial charge is 0.281 e. The molecule has 0 saturated heterocycles. The third-order valence-electron chi connectivity index (χ3n) is 1.36. The molecule has 0 atom stereocenters. The highest BCUT2D eigenvalue weighted by Gasteiger charge is 2.16. The van der Waals surface area contributed by atoms with Gasteiger partial charge in [-0.25, -0.2) is 13.8 Å². The molecule has 72 valence electrons. The molecule has 6 heteroatoms. The van der Waals surface area contributed by atoms with Crippen LogP contribution >= 0.6 is 39.1 Å². The molecule has 0 amide bonds. The van der Waals surface area contributed by atoms with Gasteiger partial charge in [-0.15, -0.1) is 11.6 Å². The molecule has 0 aliphatic heterocycles. The summed E-state index contributed by atoms with van der Waals surface area (Å²) in [6.07, 6.45) is -2.63. The topological polar surface area (TPSA) is 12.9 Å². The van der Waals surface area contributed by atoms with Crippen molar-refractivity contribution in [2.75, 3.05) is 0 Å². The van der Waals surface area contributed by atoms with E-state index in [0.717, 1.165) is 0 Å². The number of pyridine rings is 1. The van der Waals surface area contributed by atoms with Gasteiger partial charge in [-0.3, -0.25) is 0 Å². The Morgan fingerprint density at radius 3 is 2.62 bits per heavy atom. The first-order chi connectivity index (χ1) is 6.06. The van der Waals surface area contributed by atoms with Gasteiger partial charge in [0.15, 0.2) is 0 Å². The van der Waals surface area contributed by atoms with Crippen LogP contribution in [-0.4, -0.2) is 4.98 Å². The van der Waals surface area contributed by atoms with Gasteiger partial charge in [-0.1, -0.05) is 11.6 Å². The Bertz CT molecular complexity index is 320. The lowest BCUT2D eigenvalue weighted by atomic mass is 10.3. The molecule has 1 heterocycles. The molecule has 0 bridgehead atoms. The number of hydrogen-bond donors (Lipinski definition) is 0. The normalized spacial score (nSPS) is 10.9. The van der Waals surface area contributed by atoms with Crippen LogP contribution in [-0.2, 0) is 5.88 Å². The molecule has 0 aromatic carbocycles. The predicted octanol–water partition coefficient (Wildman–Crippen LogP) is 4.17. The van der Waals surface area contributed by atoms with Crippen molar-refractivity contribution in [1.82, 2.24) is 4.98 Å². The van der Waals surface area contributed by atoms with Crippen molar-refractivity contribution in [1.29, 1.82) is 0 Å². The Labute approximate surface area is 92.2 Å². The van der Waals surface area contributed by atoms with Crippen molar-refractivity contribution < 1.29 is 8.78 Å². The van der Waals surface area contributed by atoms with E-state index in [9.17, 15) is 8.78 Å². The van der Waals surface area contributed by atoms with Crippen LogP contribution in [0.5, 0.6) is 0 Å². The summed E-state index contributed by atoms with van der Waals surface area (Å²) in [6, 6.07) is 1.37. The van der Waals surface area contributed by atoms with E-state index in [0.29, 0.717) is 0 Å². The van der Waals surface area contributed by atoms with Crippen molar-refractivity contribution >= 4 is 39.1 Å². The fourth-order valence-corrected chi connectivity index (χ4v) is 1.88. The maximum absolute atomic E-state index is 12.3. The smallest absolute Gasteiger partial charge is 0.248 e. The van der Waals surface area contributed by atoms with Crippen LogP contribution in [0.15, 0.2) is 10.5 Å². The van der Waals surface area contributed by atoms with E-state index in [2.05, 4.69) is 20.9 Å². The van der Waals surface area contributed by atoms with Crippen LogP contribution in [0.25, 0.3) is 0 Å². The highest BCUT2D eigenvalue weighted by molar-refractivity contribution is 9.10.